The van der Waals surface area contributed by atoms with Crippen LogP contribution in [0, 0.1) is 6.92 Å². The first-order valence-electron chi connectivity index (χ1n) is 6.35. The summed E-state index contributed by atoms with van der Waals surface area (Å²) in [7, 11) is 1.87. The number of aryl methyl sites for hydroxylation is 3. The first-order chi connectivity index (χ1) is 9.58. The molecule has 5 nitrogen and oxygen atoms in total. The number of benzene rings is 1. The first-order valence-corrected chi connectivity index (χ1v) is 7.34. The molecule has 0 saturated heterocycles. The van der Waals surface area contributed by atoms with Crippen molar-refractivity contribution in [2.24, 2.45) is 7.05 Å². The average Bonchev–Trinajstić information content (AvgIpc) is 2.76. The van der Waals surface area contributed by atoms with Gasteiger partial charge in [0.25, 0.3) is 0 Å². The van der Waals surface area contributed by atoms with Crippen molar-refractivity contribution in [2.75, 3.05) is 5.75 Å². The summed E-state index contributed by atoms with van der Waals surface area (Å²) in [5.74, 6) is 0.0321. The Morgan fingerprint density at radius 1 is 1.30 bits per heavy atom. The zero-order chi connectivity index (χ0) is 14.5. The zero-order valence-electron chi connectivity index (χ0n) is 11.5. The second-order valence-electron chi connectivity index (χ2n) is 4.57. The lowest BCUT2D eigenvalue weighted by Gasteiger charge is -2.05. The molecule has 0 fully saturated rings. The molecule has 0 radical (unpaired) electrons. The van der Waals surface area contributed by atoms with Gasteiger partial charge in [-0.2, -0.15) is 0 Å². The van der Waals surface area contributed by atoms with Gasteiger partial charge in [0.2, 0.25) is 0 Å². The Balaban J connectivity index is 2.00. The van der Waals surface area contributed by atoms with Crippen molar-refractivity contribution < 1.29 is 9.90 Å². The average molecular weight is 291 g/mol. The molecule has 0 bridgehead atoms. The minimum absolute atomic E-state index is 0.00374. The van der Waals surface area contributed by atoms with E-state index in [0.717, 1.165) is 18.7 Å². The van der Waals surface area contributed by atoms with Crippen LogP contribution in [0.4, 0.5) is 0 Å². The summed E-state index contributed by atoms with van der Waals surface area (Å²) < 4.78 is 1.87. The van der Waals surface area contributed by atoms with Gasteiger partial charge in [-0.25, -0.2) is 0 Å². The zero-order valence-corrected chi connectivity index (χ0v) is 12.4. The molecule has 0 spiro atoms. The van der Waals surface area contributed by atoms with Gasteiger partial charge in [0.1, 0.15) is 5.82 Å². The molecule has 0 amide bonds. The summed E-state index contributed by atoms with van der Waals surface area (Å²) in [6, 6.07) is 8.28. The van der Waals surface area contributed by atoms with Gasteiger partial charge in [0, 0.05) is 13.5 Å². The summed E-state index contributed by atoms with van der Waals surface area (Å²) in [6.45, 7) is 2.10. The number of rotatable bonds is 6. The van der Waals surface area contributed by atoms with Crippen LogP contribution in [-0.2, 0) is 24.7 Å². The Hall–Kier alpha value is -1.82. The van der Waals surface area contributed by atoms with Gasteiger partial charge >= 0.3 is 5.97 Å². The van der Waals surface area contributed by atoms with E-state index in [1.807, 2.05) is 23.7 Å². The lowest BCUT2D eigenvalue weighted by molar-refractivity contribution is -0.133. The molecule has 2 aromatic rings. The maximum Gasteiger partial charge on any atom is 0.313 e. The van der Waals surface area contributed by atoms with E-state index in [0.29, 0.717) is 5.16 Å². The molecule has 1 N–H and O–H groups in total. The Labute approximate surface area is 122 Å². The van der Waals surface area contributed by atoms with Crippen LogP contribution in [0.15, 0.2) is 29.4 Å². The van der Waals surface area contributed by atoms with Crippen LogP contribution in [0.3, 0.4) is 0 Å². The van der Waals surface area contributed by atoms with Gasteiger partial charge in [-0.1, -0.05) is 36.0 Å². The second kappa shape index (κ2) is 6.56. The highest BCUT2D eigenvalue weighted by Gasteiger charge is 2.11. The van der Waals surface area contributed by atoms with Crippen LogP contribution in [0.5, 0.6) is 0 Å². The van der Waals surface area contributed by atoms with E-state index in [1.165, 1.54) is 22.9 Å². The van der Waals surface area contributed by atoms with Crippen molar-refractivity contribution >= 4 is 17.7 Å². The Bertz CT molecular complexity index is 610. The summed E-state index contributed by atoms with van der Waals surface area (Å²) in [5, 5.41) is 17.5. The SMILES string of the molecule is Cc1ccccc1CCc1nnc(SCC(=O)O)n1C. The Morgan fingerprint density at radius 2 is 2.05 bits per heavy atom. The number of carboxylic acid groups (broad SMARTS) is 1. The summed E-state index contributed by atoms with van der Waals surface area (Å²) in [6.07, 6.45) is 1.70. The number of hydrogen-bond donors (Lipinski definition) is 1. The molecule has 0 atom stereocenters. The summed E-state index contributed by atoms with van der Waals surface area (Å²) >= 11 is 1.19. The minimum atomic E-state index is -0.848. The Kier molecular flexibility index (Phi) is 4.79. The van der Waals surface area contributed by atoms with Crippen LogP contribution in [0.25, 0.3) is 0 Å². The molecule has 0 aliphatic rings. The predicted octanol–water partition coefficient (Wildman–Crippen LogP) is 2.09. The van der Waals surface area contributed by atoms with Gasteiger partial charge in [-0.05, 0) is 24.5 Å². The highest BCUT2D eigenvalue weighted by molar-refractivity contribution is 7.99. The van der Waals surface area contributed by atoms with E-state index in [4.69, 9.17) is 5.11 Å². The number of hydrogen-bond acceptors (Lipinski definition) is 4. The van der Waals surface area contributed by atoms with Crippen LogP contribution >= 0.6 is 11.8 Å². The van der Waals surface area contributed by atoms with Crippen LogP contribution < -0.4 is 0 Å². The smallest absolute Gasteiger partial charge is 0.313 e. The van der Waals surface area contributed by atoms with E-state index in [-0.39, 0.29) is 5.75 Å². The van der Waals surface area contributed by atoms with Crippen LogP contribution in [0.1, 0.15) is 17.0 Å². The molecular formula is C14H17N3O2S. The minimum Gasteiger partial charge on any atom is -0.481 e. The fourth-order valence-electron chi connectivity index (χ4n) is 1.95. The van der Waals surface area contributed by atoms with Crippen LogP contribution in [0.2, 0.25) is 0 Å². The maximum absolute atomic E-state index is 10.6. The van der Waals surface area contributed by atoms with Crippen molar-refractivity contribution in [3.8, 4) is 0 Å². The van der Waals surface area contributed by atoms with E-state index in [1.54, 1.807) is 0 Å². The van der Waals surface area contributed by atoms with E-state index >= 15 is 0 Å². The van der Waals surface area contributed by atoms with Crippen molar-refractivity contribution in [1.82, 2.24) is 14.8 Å². The van der Waals surface area contributed by atoms with Crippen molar-refractivity contribution in [3.63, 3.8) is 0 Å². The molecule has 0 saturated carbocycles. The number of nitrogens with zero attached hydrogens (tertiary/aromatic N) is 3. The molecule has 0 aliphatic heterocycles. The van der Waals surface area contributed by atoms with E-state index < -0.39 is 5.97 Å². The van der Waals surface area contributed by atoms with E-state index in [2.05, 4.69) is 29.3 Å². The summed E-state index contributed by atoms with van der Waals surface area (Å²) in [4.78, 5) is 10.6. The third kappa shape index (κ3) is 3.60. The molecule has 0 aliphatic carbocycles. The molecule has 106 valence electrons. The third-order valence-corrected chi connectivity index (χ3v) is 4.13. The molecule has 2 rings (SSSR count). The quantitative estimate of drug-likeness (QED) is 0.825. The standard InChI is InChI=1S/C14H17N3O2S/c1-10-5-3-4-6-11(10)7-8-12-15-16-14(17(12)2)20-9-13(18)19/h3-6H,7-9H2,1-2H3,(H,18,19). The van der Waals surface area contributed by atoms with Gasteiger partial charge in [0.15, 0.2) is 5.16 Å². The molecule has 1 heterocycles. The second-order valence-corrected chi connectivity index (χ2v) is 5.51. The highest BCUT2D eigenvalue weighted by Crippen LogP contribution is 2.17. The largest absolute Gasteiger partial charge is 0.481 e. The number of thioether (sulfide) groups is 1. The van der Waals surface area contributed by atoms with Gasteiger partial charge in [-0.3, -0.25) is 4.79 Å². The molecule has 0 unspecified atom stereocenters. The van der Waals surface area contributed by atoms with Gasteiger partial charge < -0.3 is 9.67 Å². The number of carbonyl (C=O) groups is 1. The molecule has 6 heteroatoms. The van der Waals surface area contributed by atoms with Crippen molar-refractivity contribution in [3.05, 3.63) is 41.2 Å². The summed E-state index contributed by atoms with van der Waals surface area (Å²) in [5.41, 5.74) is 2.57. The Morgan fingerprint density at radius 3 is 2.75 bits per heavy atom. The predicted molar refractivity (Wildman–Crippen MR) is 77.9 cm³/mol. The topological polar surface area (TPSA) is 68.0 Å². The number of aliphatic carboxylic acids is 1. The first kappa shape index (κ1) is 14.6. The fraction of sp³-hybridized carbons (Fsp3) is 0.357. The highest BCUT2D eigenvalue weighted by atomic mass is 32.2. The van der Waals surface area contributed by atoms with Gasteiger partial charge in [0.05, 0.1) is 5.75 Å². The maximum atomic E-state index is 10.6. The van der Waals surface area contributed by atoms with Crippen molar-refractivity contribution in [2.45, 2.75) is 24.9 Å². The molecule has 1 aromatic carbocycles. The van der Waals surface area contributed by atoms with Crippen molar-refractivity contribution in [1.29, 1.82) is 0 Å². The van der Waals surface area contributed by atoms with E-state index in [9.17, 15) is 4.79 Å². The normalized spacial score (nSPS) is 10.7. The fourth-order valence-corrected chi connectivity index (χ4v) is 2.60. The molecular weight excluding hydrogens is 274 g/mol. The number of aromatic nitrogens is 3. The molecule has 20 heavy (non-hydrogen) atoms. The van der Waals surface area contributed by atoms with Gasteiger partial charge in [-0.15, -0.1) is 10.2 Å². The lowest BCUT2D eigenvalue weighted by Crippen LogP contribution is -2.04. The monoisotopic (exact) mass is 291 g/mol. The third-order valence-electron chi connectivity index (χ3n) is 3.13. The van der Waals surface area contributed by atoms with Crippen LogP contribution in [-0.4, -0.2) is 31.6 Å². The molecule has 1 aromatic heterocycles. The lowest BCUT2D eigenvalue weighted by atomic mass is 10.0. The number of carboxylic acids is 1.